The zero-order valence-corrected chi connectivity index (χ0v) is 22.6. The van der Waals surface area contributed by atoms with Gasteiger partial charge in [0.15, 0.2) is 0 Å². The Morgan fingerprint density at radius 2 is 1.38 bits per heavy atom. The molecule has 0 heterocycles. The smallest absolute Gasteiger partial charge is 0.387 e. The van der Waals surface area contributed by atoms with Crippen molar-refractivity contribution in [3.8, 4) is 0 Å². The van der Waals surface area contributed by atoms with Crippen molar-refractivity contribution in [2.24, 2.45) is 22.3 Å². The molecule has 2 saturated carbocycles. The first-order chi connectivity index (χ1) is 12.3. The van der Waals surface area contributed by atoms with Crippen molar-refractivity contribution < 1.29 is 21.6 Å². The van der Waals surface area contributed by atoms with E-state index < -0.39 is 8.45 Å². The van der Waals surface area contributed by atoms with Crippen molar-refractivity contribution in [1.29, 1.82) is 0 Å². The average Bonchev–Trinajstić information content (AvgIpc) is 3.25. The third-order valence-corrected chi connectivity index (χ3v) is 7.64. The second-order valence-corrected chi connectivity index (χ2v) is 9.99. The van der Waals surface area contributed by atoms with Crippen LogP contribution in [0.5, 0.6) is 0 Å². The SMILES string of the molecule is CC(N)=NP(OCC1CCCC1)N(C(C)C)C(C)C.CCC1CCCC1.[CH3-].[CH3-].[Fe+2]. The van der Waals surface area contributed by atoms with Gasteiger partial charge in [0.25, 0.3) is 0 Å². The molecular formula is C23H50FeN3OP. The van der Waals surface area contributed by atoms with Crippen molar-refractivity contribution in [2.45, 2.75) is 111 Å². The zero-order chi connectivity index (χ0) is 19.5. The summed E-state index contributed by atoms with van der Waals surface area (Å²) in [6, 6.07) is 0.829. The Hall–Kier alpha value is 0.339. The number of amidine groups is 1. The monoisotopic (exact) mass is 471 g/mol. The fourth-order valence-electron chi connectivity index (χ4n) is 4.04. The Labute approximate surface area is 195 Å². The van der Waals surface area contributed by atoms with Crippen LogP contribution in [0.25, 0.3) is 0 Å². The molecule has 0 aromatic heterocycles. The summed E-state index contributed by atoms with van der Waals surface area (Å²) in [6.07, 6.45) is 12.7. The summed E-state index contributed by atoms with van der Waals surface area (Å²) in [6.45, 7) is 13.7. The van der Waals surface area contributed by atoms with Gasteiger partial charge in [0.1, 0.15) is 0 Å². The van der Waals surface area contributed by atoms with Crippen LogP contribution in [-0.4, -0.2) is 29.2 Å². The van der Waals surface area contributed by atoms with E-state index in [-0.39, 0.29) is 31.9 Å². The second kappa shape index (κ2) is 19.1. The number of nitrogens with zero attached hydrogens (tertiary/aromatic N) is 2. The minimum absolute atomic E-state index is 0. The van der Waals surface area contributed by atoms with Gasteiger partial charge in [-0.1, -0.05) is 51.9 Å². The summed E-state index contributed by atoms with van der Waals surface area (Å²) in [5, 5.41) is 0. The van der Waals surface area contributed by atoms with Gasteiger partial charge in [-0.25, -0.2) is 9.43 Å². The molecule has 176 valence electrons. The van der Waals surface area contributed by atoms with Gasteiger partial charge in [-0.2, -0.15) is 0 Å². The van der Waals surface area contributed by atoms with E-state index in [0.29, 0.717) is 17.9 Å². The normalized spacial score (nSPS) is 18.7. The fourth-order valence-corrected chi connectivity index (χ4v) is 5.74. The summed E-state index contributed by atoms with van der Waals surface area (Å²) in [4.78, 5) is 0. The van der Waals surface area contributed by atoms with Crippen molar-refractivity contribution in [2.75, 3.05) is 6.61 Å². The molecule has 0 aromatic rings. The van der Waals surface area contributed by atoms with Gasteiger partial charge in [0.2, 0.25) is 8.45 Å². The van der Waals surface area contributed by atoms with Crippen molar-refractivity contribution in [1.82, 2.24) is 4.67 Å². The van der Waals surface area contributed by atoms with Crippen LogP contribution in [0.2, 0.25) is 0 Å². The van der Waals surface area contributed by atoms with Crippen molar-refractivity contribution >= 4 is 14.3 Å². The van der Waals surface area contributed by atoms with Gasteiger partial charge in [0.05, 0.1) is 12.4 Å². The molecule has 2 aliphatic carbocycles. The Kier molecular flexibility index (Phi) is 22.3. The van der Waals surface area contributed by atoms with Gasteiger partial charge in [-0.15, -0.1) is 0 Å². The number of hydrogen-bond acceptors (Lipinski definition) is 3. The first-order valence-electron chi connectivity index (χ1n) is 10.9. The van der Waals surface area contributed by atoms with Crippen LogP contribution in [0, 0.1) is 26.7 Å². The Morgan fingerprint density at radius 1 is 0.966 bits per heavy atom. The molecule has 6 heteroatoms. The maximum Gasteiger partial charge on any atom is 2.00 e. The van der Waals surface area contributed by atoms with E-state index in [0.717, 1.165) is 18.4 Å². The van der Waals surface area contributed by atoms with E-state index in [4.69, 9.17) is 10.3 Å². The third kappa shape index (κ3) is 14.1. The van der Waals surface area contributed by atoms with Crippen LogP contribution in [0.4, 0.5) is 0 Å². The molecule has 2 rings (SSSR count). The molecule has 4 nitrogen and oxygen atoms in total. The van der Waals surface area contributed by atoms with E-state index in [9.17, 15) is 0 Å². The Bertz CT molecular complexity index is 384. The van der Waals surface area contributed by atoms with E-state index in [1.54, 1.807) is 0 Å². The van der Waals surface area contributed by atoms with Crippen LogP contribution in [0.15, 0.2) is 4.76 Å². The Balaban J connectivity index is -0.000000577. The maximum absolute atomic E-state index is 6.14. The first kappa shape index (κ1) is 34.0. The molecule has 0 bridgehead atoms. The van der Waals surface area contributed by atoms with Crippen molar-refractivity contribution in [3.05, 3.63) is 14.9 Å². The minimum atomic E-state index is -0.962. The molecule has 0 radical (unpaired) electrons. The summed E-state index contributed by atoms with van der Waals surface area (Å²) in [5.74, 6) is 2.43. The van der Waals surface area contributed by atoms with Crippen LogP contribution in [-0.2, 0) is 21.6 Å². The predicted molar refractivity (Wildman–Crippen MR) is 129 cm³/mol. The van der Waals surface area contributed by atoms with Crippen LogP contribution >= 0.6 is 8.45 Å². The fraction of sp³-hybridized carbons (Fsp3) is 0.870. The molecule has 0 saturated heterocycles. The standard InChI is InChI=1S/C14H30N3OP.C7H14.2CH3.Fe/c1-11(2)17(12(3)4)19(16-13(5)15)18-10-14-8-6-7-9-14;1-2-7-5-3-4-6-7;;;/h11-12,14H,6-10H2,1-5H3,(H2,15,16);7H,2-6H2,1H3;2*1H3;/q;;2*-1;+2. The van der Waals surface area contributed by atoms with Crippen LogP contribution in [0.1, 0.15) is 99.3 Å². The predicted octanol–water partition coefficient (Wildman–Crippen LogP) is 7.40. The van der Waals surface area contributed by atoms with Gasteiger partial charge in [-0.05, 0) is 59.3 Å². The number of rotatable bonds is 8. The van der Waals surface area contributed by atoms with E-state index in [2.05, 4.69) is 44.1 Å². The zero-order valence-electron chi connectivity index (χ0n) is 20.6. The van der Waals surface area contributed by atoms with E-state index >= 15 is 0 Å². The van der Waals surface area contributed by atoms with E-state index in [1.807, 2.05) is 6.92 Å². The summed E-state index contributed by atoms with van der Waals surface area (Å²) in [7, 11) is -0.962. The molecule has 0 spiro atoms. The molecule has 0 aromatic carbocycles. The first-order valence-corrected chi connectivity index (χ1v) is 12.0. The third-order valence-electron chi connectivity index (χ3n) is 5.45. The topological polar surface area (TPSA) is 50.9 Å². The molecule has 2 N–H and O–H groups in total. The summed E-state index contributed by atoms with van der Waals surface area (Å²) >= 11 is 0. The molecule has 2 aliphatic rings. The quantitative estimate of drug-likeness (QED) is 0.132. The molecule has 1 unspecified atom stereocenters. The second-order valence-electron chi connectivity index (χ2n) is 8.57. The number of hydrogen-bond donors (Lipinski definition) is 1. The largest absolute Gasteiger partial charge is 2.00 e. The average molecular weight is 471 g/mol. The molecule has 29 heavy (non-hydrogen) atoms. The molecule has 0 aliphatic heterocycles. The van der Waals surface area contributed by atoms with Gasteiger partial charge < -0.3 is 25.1 Å². The summed E-state index contributed by atoms with van der Waals surface area (Å²) < 4.78 is 13.0. The van der Waals surface area contributed by atoms with Gasteiger partial charge >= 0.3 is 17.1 Å². The van der Waals surface area contributed by atoms with Gasteiger partial charge in [0, 0.05) is 12.1 Å². The molecule has 2 fully saturated rings. The van der Waals surface area contributed by atoms with Gasteiger partial charge in [-0.3, -0.25) is 0 Å². The number of nitrogens with two attached hydrogens (primary N) is 1. The Morgan fingerprint density at radius 3 is 1.69 bits per heavy atom. The molecule has 0 amide bonds. The molecule has 1 atom stereocenters. The summed E-state index contributed by atoms with van der Waals surface area (Å²) in [5.41, 5.74) is 5.77. The minimum Gasteiger partial charge on any atom is -0.387 e. The van der Waals surface area contributed by atoms with Crippen LogP contribution in [0.3, 0.4) is 0 Å². The maximum atomic E-state index is 6.14. The molecular weight excluding hydrogens is 421 g/mol. The van der Waals surface area contributed by atoms with Crippen LogP contribution < -0.4 is 5.73 Å². The van der Waals surface area contributed by atoms with E-state index in [1.165, 1.54) is 57.8 Å². The van der Waals surface area contributed by atoms with Crippen molar-refractivity contribution in [3.63, 3.8) is 0 Å².